The van der Waals surface area contributed by atoms with E-state index in [1.807, 2.05) is 12.1 Å². The van der Waals surface area contributed by atoms with Crippen LogP contribution in [0, 0.1) is 11.3 Å². The highest BCUT2D eigenvalue weighted by atomic mass is 19.1. The van der Waals surface area contributed by atoms with E-state index >= 15 is 0 Å². The van der Waals surface area contributed by atoms with Crippen LogP contribution in [0.1, 0.15) is 72.9 Å². The number of hydrogen-bond acceptors (Lipinski definition) is 8. The number of halogens is 1. The zero-order valence-electron chi connectivity index (χ0n) is 22.0. The van der Waals surface area contributed by atoms with Crippen LogP contribution in [0.3, 0.4) is 0 Å². The molecule has 0 unspecified atom stereocenters. The van der Waals surface area contributed by atoms with Gasteiger partial charge in [0.25, 0.3) is 0 Å². The van der Waals surface area contributed by atoms with E-state index in [0.717, 1.165) is 79.7 Å². The molecular formula is C29H35FN6O2. The van der Waals surface area contributed by atoms with Crippen molar-refractivity contribution in [2.24, 2.45) is 0 Å². The molecule has 3 fully saturated rings. The Balaban J connectivity index is 1.26. The summed E-state index contributed by atoms with van der Waals surface area (Å²) in [4.78, 5) is 14.3. The first-order valence-corrected chi connectivity index (χ1v) is 14.0. The minimum absolute atomic E-state index is 0.257. The average Bonchev–Trinajstić information content (AvgIpc) is 3.62. The molecule has 1 saturated carbocycles. The molecule has 1 aromatic heterocycles. The smallest absolute Gasteiger partial charge is 0.318 e. The summed E-state index contributed by atoms with van der Waals surface area (Å²) in [5.74, 6) is 0.863. The van der Waals surface area contributed by atoms with Gasteiger partial charge in [-0.25, -0.2) is 4.39 Å². The molecule has 2 N–H and O–H groups in total. The second-order valence-electron chi connectivity index (χ2n) is 12.0. The number of nitrogens with two attached hydrogens (primary N) is 1. The first-order chi connectivity index (χ1) is 18.4. The van der Waals surface area contributed by atoms with Crippen molar-refractivity contribution in [3.05, 3.63) is 40.1 Å². The second-order valence-corrected chi connectivity index (χ2v) is 12.0. The minimum Gasteiger partial charge on any atom is -0.461 e. The highest BCUT2D eigenvalue weighted by Gasteiger charge is 2.50. The lowest BCUT2D eigenvalue weighted by Crippen LogP contribution is -2.44. The van der Waals surface area contributed by atoms with E-state index in [9.17, 15) is 9.65 Å². The maximum Gasteiger partial charge on any atom is 0.318 e. The van der Waals surface area contributed by atoms with E-state index in [4.69, 9.17) is 25.2 Å². The van der Waals surface area contributed by atoms with Crippen molar-refractivity contribution < 1.29 is 13.9 Å². The number of rotatable bonds is 5. The van der Waals surface area contributed by atoms with E-state index < -0.39 is 11.8 Å². The van der Waals surface area contributed by atoms with Gasteiger partial charge >= 0.3 is 6.01 Å². The average molecular weight is 519 g/mol. The molecule has 9 heteroatoms. The number of alkyl halides is 1. The van der Waals surface area contributed by atoms with Gasteiger partial charge in [-0.05, 0) is 63.1 Å². The molecule has 2 aliphatic carbocycles. The Labute approximate surface area is 222 Å². The minimum atomic E-state index is -0.801. The molecule has 1 aromatic carbocycles. The summed E-state index contributed by atoms with van der Waals surface area (Å²) in [5, 5.41) is 10.0. The summed E-state index contributed by atoms with van der Waals surface area (Å²) in [7, 11) is 2.08. The fourth-order valence-corrected chi connectivity index (χ4v) is 7.48. The Kier molecular flexibility index (Phi) is 5.57. The number of nitriles is 1. The van der Waals surface area contributed by atoms with Crippen LogP contribution in [0.2, 0.25) is 0 Å². The van der Waals surface area contributed by atoms with Crippen molar-refractivity contribution in [3.8, 4) is 12.1 Å². The zero-order chi connectivity index (χ0) is 26.1. The summed E-state index contributed by atoms with van der Waals surface area (Å²) >= 11 is 0. The van der Waals surface area contributed by atoms with Crippen molar-refractivity contribution in [1.82, 2.24) is 14.9 Å². The van der Waals surface area contributed by atoms with Crippen molar-refractivity contribution >= 4 is 11.5 Å². The molecule has 0 radical (unpaired) electrons. The number of benzene rings is 1. The molecule has 0 bridgehead atoms. The number of nitrogens with zero attached hydrogens (tertiary/aromatic N) is 5. The first kappa shape index (κ1) is 24.1. The quantitative estimate of drug-likeness (QED) is 0.597. The Morgan fingerprint density at radius 3 is 2.97 bits per heavy atom. The van der Waals surface area contributed by atoms with Crippen LogP contribution in [0.4, 0.5) is 15.9 Å². The molecule has 2 saturated heterocycles. The van der Waals surface area contributed by atoms with E-state index in [1.165, 1.54) is 0 Å². The number of ether oxygens (including phenoxy) is 2. The molecule has 3 atom stereocenters. The molecule has 38 heavy (non-hydrogen) atoms. The van der Waals surface area contributed by atoms with Crippen molar-refractivity contribution in [3.63, 3.8) is 0 Å². The third kappa shape index (κ3) is 3.76. The summed E-state index contributed by atoms with van der Waals surface area (Å²) in [6.45, 7) is 2.20. The van der Waals surface area contributed by atoms with Gasteiger partial charge in [-0.15, -0.1) is 0 Å². The normalized spacial score (nSPS) is 30.0. The van der Waals surface area contributed by atoms with Gasteiger partial charge in [-0.1, -0.05) is 6.07 Å². The van der Waals surface area contributed by atoms with Crippen LogP contribution in [-0.2, 0) is 29.8 Å². The van der Waals surface area contributed by atoms with Gasteiger partial charge in [0.2, 0.25) is 0 Å². The molecule has 200 valence electrons. The number of hydrogen-bond donors (Lipinski definition) is 1. The number of nitrogen functional groups attached to an aromatic ring is 1. The fraction of sp³-hybridized carbons (Fsp3) is 0.621. The maximum absolute atomic E-state index is 14.3. The SMILES string of the molecule is CN(c1nc(OC[C@@]23CCCN2C[C@H](F)C3)nc2c1CO[C@@]1(CCCc3ccc(N)c(C#N)c31)C2)C1CC1. The molecule has 1 spiro atoms. The van der Waals surface area contributed by atoms with Gasteiger partial charge in [0.05, 0.1) is 23.4 Å². The fourth-order valence-electron chi connectivity index (χ4n) is 7.48. The lowest BCUT2D eigenvalue weighted by Gasteiger charge is -2.43. The highest BCUT2D eigenvalue weighted by Crippen LogP contribution is 2.48. The molecule has 7 rings (SSSR count). The monoisotopic (exact) mass is 518 g/mol. The molecule has 5 aliphatic rings. The lowest BCUT2D eigenvalue weighted by molar-refractivity contribution is -0.0857. The van der Waals surface area contributed by atoms with Crippen molar-refractivity contribution in [1.29, 1.82) is 5.26 Å². The Morgan fingerprint density at radius 1 is 1.29 bits per heavy atom. The summed E-state index contributed by atoms with van der Waals surface area (Å²) < 4.78 is 27.4. The second kappa shape index (κ2) is 8.78. The molecular weight excluding hydrogens is 483 g/mol. The first-order valence-electron chi connectivity index (χ1n) is 14.0. The van der Waals surface area contributed by atoms with Crippen LogP contribution < -0.4 is 15.4 Å². The largest absolute Gasteiger partial charge is 0.461 e. The number of fused-ring (bicyclic) bond motifs is 4. The molecule has 4 heterocycles. The van der Waals surface area contributed by atoms with Crippen LogP contribution in [0.25, 0.3) is 0 Å². The lowest BCUT2D eigenvalue weighted by atomic mass is 9.72. The van der Waals surface area contributed by atoms with Gasteiger partial charge in [-0.2, -0.15) is 15.2 Å². The summed E-state index contributed by atoms with van der Waals surface area (Å²) in [6.07, 6.45) is 7.24. The van der Waals surface area contributed by atoms with E-state index in [2.05, 4.69) is 22.9 Å². The van der Waals surface area contributed by atoms with Gasteiger partial charge in [-0.3, -0.25) is 4.90 Å². The Bertz CT molecular complexity index is 1330. The van der Waals surface area contributed by atoms with E-state index in [-0.39, 0.29) is 5.54 Å². The van der Waals surface area contributed by atoms with E-state index in [0.29, 0.717) is 55.9 Å². The maximum atomic E-state index is 14.3. The van der Waals surface area contributed by atoms with Crippen LogP contribution in [0.15, 0.2) is 12.1 Å². The standard InChI is InChI=1S/C29H35FN6O2/c1-35(20-6-7-20)26-22-16-38-29(10-2-4-18-5-8-23(32)21(14-31)25(18)29)13-24(22)33-27(34-26)37-17-28-9-3-11-36(28)15-19(30)12-28/h5,8,19-20H,2-4,6-7,9-13,15-17,32H2,1H3/t19-,28+,29+/m1/s1. The van der Waals surface area contributed by atoms with Crippen molar-refractivity contribution in [2.75, 3.05) is 37.4 Å². The van der Waals surface area contributed by atoms with Gasteiger partial charge in [0, 0.05) is 49.3 Å². The topological polar surface area (TPSA) is 101 Å². The van der Waals surface area contributed by atoms with Crippen molar-refractivity contribution in [2.45, 2.75) is 87.7 Å². The number of aromatic nitrogens is 2. The zero-order valence-corrected chi connectivity index (χ0v) is 22.0. The van der Waals surface area contributed by atoms with Gasteiger partial charge in [0.1, 0.15) is 30.3 Å². The highest BCUT2D eigenvalue weighted by molar-refractivity contribution is 5.63. The third-order valence-corrected chi connectivity index (χ3v) is 9.57. The van der Waals surface area contributed by atoms with Gasteiger partial charge < -0.3 is 20.1 Å². The van der Waals surface area contributed by atoms with Crippen LogP contribution >= 0.6 is 0 Å². The third-order valence-electron chi connectivity index (χ3n) is 9.57. The van der Waals surface area contributed by atoms with E-state index in [1.54, 1.807) is 0 Å². The molecule has 2 aromatic rings. The predicted octanol–water partition coefficient (Wildman–Crippen LogP) is 3.79. The van der Waals surface area contributed by atoms with Crippen LogP contribution in [-0.4, -0.2) is 59.4 Å². The summed E-state index contributed by atoms with van der Waals surface area (Å²) in [5.41, 5.74) is 10.3. The molecule has 0 amide bonds. The summed E-state index contributed by atoms with van der Waals surface area (Å²) in [6, 6.07) is 7.05. The number of aryl methyl sites for hydroxylation is 1. The Morgan fingerprint density at radius 2 is 2.16 bits per heavy atom. The van der Waals surface area contributed by atoms with Crippen LogP contribution in [0.5, 0.6) is 6.01 Å². The molecule has 8 nitrogen and oxygen atoms in total. The van der Waals surface area contributed by atoms with Gasteiger partial charge in [0.15, 0.2) is 0 Å². The number of anilines is 2. The molecule has 3 aliphatic heterocycles. The predicted molar refractivity (Wildman–Crippen MR) is 141 cm³/mol. The Hall–Kier alpha value is -2.96.